The van der Waals surface area contributed by atoms with E-state index in [1.165, 1.54) is 51.4 Å². The molecule has 3 atom stereocenters. The second-order valence-electron chi connectivity index (χ2n) is 9.65. The number of hydrogen-bond acceptors (Lipinski definition) is 6. The molecule has 7 heteroatoms. The Morgan fingerprint density at radius 3 is 2.62 bits per heavy atom. The lowest BCUT2D eigenvalue weighted by molar-refractivity contribution is 0.0545. The van der Waals surface area contributed by atoms with E-state index in [0.717, 1.165) is 46.9 Å². The number of likely N-dealkylation sites (tertiary alicyclic amines) is 1. The highest BCUT2D eigenvalue weighted by atomic mass is 32.1. The van der Waals surface area contributed by atoms with Crippen molar-refractivity contribution < 1.29 is 9.13 Å². The number of thiophene rings is 1. The van der Waals surface area contributed by atoms with Gasteiger partial charge >= 0.3 is 0 Å². The molecule has 1 N–H and O–H groups in total. The van der Waals surface area contributed by atoms with Crippen LogP contribution in [0.5, 0.6) is 0 Å². The van der Waals surface area contributed by atoms with Gasteiger partial charge in [-0.25, -0.2) is 4.39 Å². The van der Waals surface area contributed by atoms with Crippen LogP contribution in [0.25, 0.3) is 21.3 Å². The molecule has 0 radical (unpaired) electrons. The minimum absolute atomic E-state index is 0.258. The normalized spacial score (nSPS) is 26.6. The van der Waals surface area contributed by atoms with Crippen molar-refractivity contribution in [3.8, 4) is 11.3 Å². The zero-order valence-electron chi connectivity index (χ0n) is 18.2. The molecular weight excluding hydrogens is 423 g/mol. The highest BCUT2D eigenvalue weighted by Crippen LogP contribution is 2.41. The van der Waals surface area contributed by atoms with Gasteiger partial charge in [0.25, 0.3) is 0 Å². The average molecular weight is 453 g/mol. The molecule has 2 aliphatic heterocycles. The predicted octanol–water partition coefficient (Wildman–Crippen LogP) is 5.05. The molecule has 0 bridgehead atoms. The van der Waals surface area contributed by atoms with Crippen molar-refractivity contribution in [2.45, 2.75) is 31.7 Å². The van der Waals surface area contributed by atoms with Gasteiger partial charge in [-0.2, -0.15) is 0 Å². The Morgan fingerprint density at radius 2 is 1.84 bits per heavy atom. The first kappa shape index (κ1) is 20.5. The number of nitrogens with one attached hydrogen (secondary N) is 1. The Morgan fingerprint density at radius 1 is 1.06 bits per heavy atom. The summed E-state index contributed by atoms with van der Waals surface area (Å²) >= 11 is 1.60. The fourth-order valence-corrected chi connectivity index (χ4v) is 6.86. The van der Waals surface area contributed by atoms with Gasteiger partial charge in [0.1, 0.15) is 11.5 Å². The van der Waals surface area contributed by atoms with Gasteiger partial charge in [-0.05, 0) is 67.0 Å². The summed E-state index contributed by atoms with van der Waals surface area (Å²) in [5.74, 6) is 2.94. The number of hydrogen-bond donors (Lipinski definition) is 1. The highest BCUT2D eigenvalue weighted by Gasteiger charge is 2.41. The number of fused-ring (bicyclic) bond motifs is 2. The third-order valence-electron chi connectivity index (χ3n) is 7.54. The number of nitrogens with zero attached hydrogens (tertiary/aromatic N) is 3. The molecule has 4 heterocycles. The number of rotatable bonds is 5. The molecule has 2 aromatic heterocycles. The van der Waals surface area contributed by atoms with E-state index in [2.05, 4.69) is 26.5 Å². The van der Waals surface area contributed by atoms with E-state index in [0.29, 0.717) is 17.3 Å². The second-order valence-corrected chi connectivity index (χ2v) is 10.6. The van der Waals surface area contributed by atoms with Crippen LogP contribution >= 0.6 is 11.3 Å². The second kappa shape index (κ2) is 8.69. The molecule has 5 nitrogen and oxygen atoms in total. The van der Waals surface area contributed by atoms with E-state index >= 15 is 0 Å². The molecule has 6 rings (SSSR count). The summed E-state index contributed by atoms with van der Waals surface area (Å²) in [7, 11) is 0. The van der Waals surface area contributed by atoms with Gasteiger partial charge in [-0.3, -0.25) is 0 Å². The lowest BCUT2D eigenvalue weighted by atomic mass is 10.00. The highest BCUT2D eigenvalue weighted by molar-refractivity contribution is 7.17. The zero-order valence-corrected chi connectivity index (χ0v) is 19.0. The molecule has 3 aliphatic rings. The van der Waals surface area contributed by atoms with Crippen LogP contribution in [0.2, 0.25) is 0 Å². The van der Waals surface area contributed by atoms with Crippen molar-refractivity contribution in [1.82, 2.24) is 15.1 Å². The minimum atomic E-state index is -0.258. The summed E-state index contributed by atoms with van der Waals surface area (Å²) in [5, 5.41) is 15.7. The van der Waals surface area contributed by atoms with E-state index in [9.17, 15) is 4.39 Å². The van der Waals surface area contributed by atoms with Crippen LogP contribution < -0.4 is 5.32 Å². The molecule has 3 fully saturated rings. The molecule has 1 aromatic carbocycles. The summed E-state index contributed by atoms with van der Waals surface area (Å²) in [6.07, 6.45) is 4.82. The first-order valence-corrected chi connectivity index (χ1v) is 12.7. The lowest BCUT2D eigenvalue weighted by Gasteiger charge is -2.27. The van der Waals surface area contributed by atoms with Crippen LogP contribution in [0, 0.1) is 23.6 Å². The lowest BCUT2D eigenvalue weighted by Crippen LogP contribution is -2.32. The summed E-state index contributed by atoms with van der Waals surface area (Å²) in [4.78, 5) is 2.70. The fourth-order valence-electron chi connectivity index (χ4n) is 5.97. The van der Waals surface area contributed by atoms with E-state index in [-0.39, 0.29) is 5.82 Å². The third kappa shape index (κ3) is 3.91. The zero-order chi connectivity index (χ0) is 21.5. The van der Waals surface area contributed by atoms with Crippen molar-refractivity contribution in [3.05, 3.63) is 41.5 Å². The molecule has 168 valence electrons. The van der Waals surface area contributed by atoms with Gasteiger partial charge in [0, 0.05) is 49.8 Å². The maximum absolute atomic E-state index is 14.4. The Kier molecular flexibility index (Phi) is 5.57. The quantitative estimate of drug-likeness (QED) is 0.587. The smallest absolute Gasteiger partial charge is 0.157 e. The topological polar surface area (TPSA) is 50.3 Å². The van der Waals surface area contributed by atoms with Crippen LogP contribution in [0.15, 0.2) is 35.7 Å². The summed E-state index contributed by atoms with van der Waals surface area (Å²) in [6, 6.07) is 9.31. The monoisotopic (exact) mass is 452 g/mol. The van der Waals surface area contributed by atoms with Crippen molar-refractivity contribution in [2.75, 3.05) is 38.2 Å². The number of halogens is 1. The molecule has 1 unspecified atom stereocenters. The van der Waals surface area contributed by atoms with Crippen molar-refractivity contribution in [2.24, 2.45) is 17.8 Å². The van der Waals surface area contributed by atoms with E-state index in [1.54, 1.807) is 23.5 Å². The van der Waals surface area contributed by atoms with Crippen molar-refractivity contribution in [3.63, 3.8) is 0 Å². The molecule has 2 saturated heterocycles. The molecule has 0 amide bonds. The summed E-state index contributed by atoms with van der Waals surface area (Å²) < 4.78 is 20.9. The molecule has 1 saturated carbocycles. The molecule has 3 aromatic rings. The number of anilines is 1. The minimum Gasteiger partial charge on any atom is -0.381 e. The van der Waals surface area contributed by atoms with Gasteiger partial charge in [-0.15, -0.1) is 21.5 Å². The SMILES string of the molecule is Fc1ccccc1-c1nnc(N[C@@H]2CC3CN(CC4CCOCC4)C[C@H]3C2)c2ccsc12. The first-order valence-electron chi connectivity index (χ1n) is 11.8. The Balaban J connectivity index is 1.13. The molecule has 0 spiro atoms. The molecule has 1 aliphatic carbocycles. The predicted molar refractivity (Wildman–Crippen MR) is 126 cm³/mol. The van der Waals surface area contributed by atoms with Crippen LogP contribution in [0.4, 0.5) is 10.2 Å². The Bertz CT molecular complexity index is 1080. The van der Waals surface area contributed by atoms with Crippen LogP contribution in [-0.4, -0.2) is 54.0 Å². The molecule has 32 heavy (non-hydrogen) atoms. The van der Waals surface area contributed by atoms with Gasteiger partial charge < -0.3 is 15.0 Å². The number of benzene rings is 1. The van der Waals surface area contributed by atoms with Gasteiger partial charge in [0.15, 0.2) is 5.82 Å². The first-order chi connectivity index (χ1) is 15.7. The van der Waals surface area contributed by atoms with E-state index < -0.39 is 0 Å². The fraction of sp³-hybridized carbons (Fsp3) is 0.520. The maximum atomic E-state index is 14.4. The summed E-state index contributed by atoms with van der Waals surface area (Å²) in [6.45, 7) is 5.57. The van der Waals surface area contributed by atoms with E-state index in [1.807, 2.05) is 11.4 Å². The van der Waals surface area contributed by atoms with Crippen LogP contribution in [0.1, 0.15) is 25.7 Å². The van der Waals surface area contributed by atoms with Crippen molar-refractivity contribution in [1.29, 1.82) is 0 Å². The van der Waals surface area contributed by atoms with Crippen LogP contribution in [-0.2, 0) is 4.74 Å². The van der Waals surface area contributed by atoms with E-state index in [4.69, 9.17) is 4.74 Å². The van der Waals surface area contributed by atoms with Gasteiger partial charge in [0.2, 0.25) is 0 Å². The number of aromatic nitrogens is 2. The third-order valence-corrected chi connectivity index (χ3v) is 8.46. The Labute approximate surface area is 192 Å². The van der Waals surface area contributed by atoms with Crippen LogP contribution in [0.3, 0.4) is 0 Å². The Hall–Kier alpha value is -2.09. The van der Waals surface area contributed by atoms with Crippen molar-refractivity contribution >= 4 is 27.2 Å². The maximum Gasteiger partial charge on any atom is 0.157 e. The number of ether oxygens (including phenoxy) is 1. The van der Waals surface area contributed by atoms with Gasteiger partial charge in [-0.1, -0.05) is 12.1 Å². The standard InChI is InChI=1S/C25H29FN4OS/c26-22-4-2-1-3-20(22)23-24-21(7-10-32-24)25(29-28-23)27-19-11-17-14-30(15-18(17)12-19)13-16-5-8-31-9-6-16/h1-4,7,10,16-19H,5-6,8-9,11-15H2,(H,27,29)/t17-,18?,19+/m1/s1. The largest absolute Gasteiger partial charge is 0.381 e. The van der Waals surface area contributed by atoms with Gasteiger partial charge in [0.05, 0.1) is 4.70 Å². The molecular formula is C25H29FN4OS. The summed E-state index contributed by atoms with van der Waals surface area (Å²) in [5.41, 5.74) is 1.14. The average Bonchev–Trinajstić information content (AvgIpc) is 3.51.